The van der Waals surface area contributed by atoms with Gasteiger partial charge < -0.3 is 4.79 Å². The molecule has 2 heteroatoms. The summed E-state index contributed by atoms with van der Waals surface area (Å²) in [7, 11) is 0. The highest BCUT2D eigenvalue weighted by atomic mass is 16.1. The maximum atomic E-state index is 13.2. The van der Waals surface area contributed by atoms with Gasteiger partial charge in [-0.25, -0.2) is 0 Å². The molecule has 3 aliphatic rings. The highest BCUT2D eigenvalue weighted by molar-refractivity contribution is 5.90. The van der Waals surface area contributed by atoms with Crippen LogP contribution in [0.2, 0.25) is 0 Å². The van der Waals surface area contributed by atoms with Crippen molar-refractivity contribution in [1.82, 2.24) is 0 Å². The molecule has 1 spiro atoms. The molecule has 3 fully saturated rings. The second-order valence-electron chi connectivity index (χ2n) is 9.52. The van der Waals surface area contributed by atoms with Gasteiger partial charge in [-0.05, 0) is 60.7 Å². The predicted octanol–water partition coefficient (Wildman–Crippen LogP) is 4.95. The van der Waals surface area contributed by atoms with Crippen LogP contribution >= 0.6 is 0 Å². The van der Waals surface area contributed by atoms with Crippen molar-refractivity contribution in [2.75, 3.05) is 0 Å². The van der Waals surface area contributed by atoms with Crippen LogP contribution in [0.3, 0.4) is 0 Å². The van der Waals surface area contributed by atoms with Gasteiger partial charge in [0.25, 0.3) is 0 Å². The van der Waals surface area contributed by atoms with E-state index in [1.54, 1.807) is 0 Å². The molecule has 3 rings (SSSR count). The Kier molecular flexibility index (Phi) is 3.62. The maximum Gasteiger partial charge on any atom is 0.140 e. The summed E-state index contributed by atoms with van der Waals surface area (Å²) in [6.45, 7) is 9.61. The van der Waals surface area contributed by atoms with Crippen molar-refractivity contribution in [3.8, 4) is 0 Å². The van der Waals surface area contributed by atoms with Crippen molar-refractivity contribution >= 4 is 12.1 Å². The standard InChI is InChI=1S/C20H32O2/c1-17(2)14-19(4)12-9-16(22)20(19)15(17)8-11-18(20,3)10-6-5-7-13-21/h13,15H,5-12,14H2,1-4H3/t15-,18+,19+,20?/m1/s1. The average molecular weight is 304 g/mol. The summed E-state index contributed by atoms with van der Waals surface area (Å²) < 4.78 is 0. The van der Waals surface area contributed by atoms with Crippen LogP contribution in [0, 0.1) is 27.6 Å². The Bertz CT molecular complexity index is 494. The SMILES string of the molecule is CC1(C)C[C@]2(C)CCC(=O)C23[C@@H]1CC[C@]3(C)CCCCC=O. The number of unbranched alkanes of at least 4 members (excludes halogenated alkanes) is 2. The van der Waals surface area contributed by atoms with Crippen molar-refractivity contribution < 1.29 is 9.59 Å². The van der Waals surface area contributed by atoms with Gasteiger partial charge in [0.2, 0.25) is 0 Å². The van der Waals surface area contributed by atoms with Crippen LogP contribution in [-0.4, -0.2) is 12.1 Å². The number of rotatable bonds is 5. The molecule has 0 aromatic carbocycles. The van der Waals surface area contributed by atoms with E-state index in [4.69, 9.17) is 0 Å². The van der Waals surface area contributed by atoms with Crippen LogP contribution < -0.4 is 0 Å². The molecule has 0 aliphatic heterocycles. The fraction of sp³-hybridized carbons (Fsp3) is 0.900. The molecule has 4 atom stereocenters. The largest absolute Gasteiger partial charge is 0.303 e. The summed E-state index contributed by atoms with van der Waals surface area (Å²) in [4.78, 5) is 23.8. The Morgan fingerprint density at radius 3 is 2.55 bits per heavy atom. The van der Waals surface area contributed by atoms with E-state index in [1.807, 2.05) is 0 Å². The van der Waals surface area contributed by atoms with Gasteiger partial charge in [0.05, 0.1) is 0 Å². The summed E-state index contributed by atoms with van der Waals surface area (Å²) in [6, 6.07) is 0. The second-order valence-corrected chi connectivity index (χ2v) is 9.52. The van der Waals surface area contributed by atoms with Crippen LogP contribution in [0.5, 0.6) is 0 Å². The number of Topliss-reactive ketones (excluding diaryl/α,β-unsaturated/α-hetero) is 1. The van der Waals surface area contributed by atoms with Crippen molar-refractivity contribution in [3.05, 3.63) is 0 Å². The van der Waals surface area contributed by atoms with Crippen LogP contribution in [-0.2, 0) is 9.59 Å². The zero-order chi connectivity index (χ0) is 16.2. The highest BCUT2D eigenvalue weighted by Crippen LogP contribution is 2.80. The lowest BCUT2D eigenvalue weighted by molar-refractivity contribution is -0.140. The molecule has 0 amide bonds. The molecule has 124 valence electrons. The van der Waals surface area contributed by atoms with E-state index in [1.165, 1.54) is 19.3 Å². The van der Waals surface area contributed by atoms with Gasteiger partial charge in [-0.3, -0.25) is 4.79 Å². The summed E-state index contributed by atoms with van der Waals surface area (Å²) in [5.41, 5.74) is 0.570. The van der Waals surface area contributed by atoms with Crippen molar-refractivity contribution in [3.63, 3.8) is 0 Å². The zero-order valence-electron chi connectivity index (χ0n) is 14.8. The number of carbonyl (C=O) groups excluding carboxylic acids is 2. The van der Waals surface area contributed by atoms with E-state index in [-0.39, 0.29) is 16.2 Å². The average Bonchev–Trinajstić information content (AvgIpc) is 2.94. The number of carbonyl (C=O) groups is 2. The van der Waals surface area contributed by atoms with Gasteiger partial charge in [0, 0.05) is 18.3 Å². The lowest BCUT2D eigenvalue weighted by Gasteiger charge is -2.49. The molecular formula is C20H32O2. The number of ketones is 1. The van der Waals surface area contributed by atoms with Gasteiger partial charge in [0.1, 0.15) is 12.1 Å². The molecule has 3 saturated carbocycles. The van der Waals surface area contributed by atoms with Crippen LogP contribution in [0.15, 0.2) is 0 Å². The lowest BCUT2D eigenvalue weighted by atomic mass is 9.53. The smallest absolute Gasteiger partial charge is 0.140 e. The Labute approximate surface area is 135 Å². The first kappa shape index (κ1) is 16.2. The summed E-state index contributed by atoms with van der Waals surface area (Å²) in [6.07, 6.45) is 10.4. The fourth-order valence-electron chi connectivity index (χ4n) is 7.50. The minimum Gasteiger partial charge on any atom is -0.303 e. The first-order chi connectivity index (χ1) is 10.2. The van der Waals surface area contributed by atoms with Crippen molar-refractivity contribution in [1.29, 1.82) is 0 Å². The number of hydrogen-bond acceptors (Lipinski definition) is 2. The zero-order valence-corrected chi connectivity index (χ0v) is 14.8. The minimum atomic E-state index is -0.0787. The Balaban J connectivity index is 1.96. The lowest BCUT2D eigenvalue weighted by Crippen LogP contribution is -2.49. The third kappa shape index (κ3) is 1.79. The van der Waals surface area contributed by atoms with Crippen LogP contribution in [0.1, 0.15) is 85.5 Å². The monoisotopic (exact) mass is 304 g/mol. The summed E-state index contributed by atoms with van der Waals surface area (Å²) >= 11 is 0. The van der Waals surface area contributed by atoms with E-state index in [0.717, 1.165) is 38.4 Å². The molecule has 0 aromatic rings. The molecule has 0 heterocycles. The molecular weight excluding hydrogens is 272 g/mol. The molecule has 0 saturated heterocycles. The van der Waals surface area contributed by atoms with Gasteiger partial charge in [0.15, 0.2) is 0 Å². The fourth-order valence-corrected chi connectivity index (χ4v) is 7.50. The Morgan fingerprint density at radius 2 is 1.86 bits per heavy atom. The van der Waals surface area contributed by atoms with Gasteiger partial charge >= 0.3 is 0 Å². The van der Waals surface area contributed by atoms with E-state index in [9.17, 15) is 9.59 Å². The molecule has 0 aromatic heterocycles. The Morgan fingerprint density at radius 1 is 1.14 bits per heavy atom. The van der Waals surface area contributed by atoms with E-state index in [0.29, 0.717) is 23.5 Å². The van der Waals surface area contributed by atoms with E-state index < -0.39 is 0 Å². The second kappa shape index (κ2) is 4.92. The third-order valence-corrected chi connectivity index (χ3v) is 7.84. The van der Waals surface area contributed by atoms with Gasteiger partial charge in [-0.15, -0.1) is 0 Å². The van der Waals surface area contributed by atoms with Gasteiger partial charge in [-0.2, -0.15) is 0 Å². The minimum absolute atomic E-state index is 0.0787. The molecule has 22 heavy (non-hydrogen) atoms. The van der Waals surface area contributed by atoms with Crippen LogP contribution in [0.4, 0.5) is 0 Å². The topological polar surface area (TPSA) is 34.1 Å². The van der Waals surface area contributed by atoms with Crippen molar-refractivity contribution in [2.24, 2.45) is 27.6 Å². The highest BCUT2D eigenvalue weighted by Gasteiger charge is 2.77. The normalized spacial score (nSPS) is 45.8. The maximum absolute atomic E-state index is 13.2. The van der Waals surface area contributed by atoms with E-state index >= 15 is 0 Å². The van der Waals surface area contributed by atoms with Crippen LogP contribution in [0.25, 0.3) is 0 Å². The van der Waals surface area contributed by atoms with Gasteiger partial charge in [-0.1, -0.05) is 34.1 Å². The molecule has 0 radical (unpaired) electrons. The van der Waals surface area contributed by atoms with Crippen molar-refractivity contribution in [2.45, 2.75) is 85.5 Å². The number of aldehydes is 1. The molecule has 1 unspecified atom stereocenters. The first-order valence-corrected chi connectivity index (χ1v) is 9.20. The molecule has 0 N–H and O–H groups in total. The summed E-state index contributed by atoms with van der Waals surface area (Å²) in [5, 5.41) is 0. The first-order valence-electron chi connectivity index (χ1n) is 9.20. The predicted molar refractivity (Wildman–Crippen MR) is 88.5 cm³/mol. The Hall–Kier alpha value is -0.660. The molecule has 3 aliphatic carbocycles. The van der Waals surface area contributed by atoms with E-state index in [2.05, 4.69) is 27.7 Å². The molecule has 0 bridgehead atoms. The third-order valence-electron chi connectivity index (χ3n) is 7.84. The molecule has 2 nitrogen and oxygen atoms in total. The quantitative estimate of drug-likeness (QED) is 0.532. The number of hydrogen-bond donors (Lipinski definition) is 0. The summed E-state index contributed by atoms with van der Waals surface area (Å²) in [5.74, 6) is 1.14.